The molecule has 0 saturated heterocycles. The molecule has 2 aromatic heterocycles. The van der Waals surface area contributed by atoms with Gasteiger partial charge < -0.3 is 15.4 Å². The molecule has 0 aliphatic carbocycles. The van der Waals surface area contributed by atoms with Gasteiger partial charge in [-0.25, -0.2) is 9.97 Å². The second kappa shape index (κ2) is 10.8. The van der Waals surface area contributed by atoms with Gasteiger partial charge in [-0.15, -0.1) is 24.0 Å². The van der Waals surface area contributed by atoms with Crippen LogP contribution in [0.3, 0.4) is 0 Å². The summed E-state index contributed by atoms with van der Waals surface area (Å²) in [6.45, 7) is 3.93. The molecule has 132 valence electrons. The van der Waals surface area contributed by atoms with Crippen LogP contribution in [0.2, 0.25) is 0 Å². The van der Waals surface area contributed by atoms with E-state index in [1.54, 1.807) is 17.9 Å². The minimum Gasteiger partial charge on any atom is -0.478 e. The molecule has 0 aromatic carbocycles. The summed E-state index contributed by atoms with van der Waals surface area (Å²) in [5.74, 6) is 2.19. The number of guanidine groups is 1. The van der Waals surface area contributed by atoms with Crippen LogP contribution in [0.1, 0.15) is 24.7 Å². The van der Waals surface area contributed by atoms with Crippen LogP contribution in [-0.4, -0.2) is 39.4 Å². The monoisotopic (exact) mass is 445 g/mol. The Morgan fingerprint density at radius 3 is 2.62 bits per heavy atom. The van der Waals surface area contributed by atoms with Gasteiger partial charge in [-0.2, -0.15) is 5.10 Å². The van der Waals surface area contributed by atoms with E-state index in [9.17, 15) is 0 Å². The van der Waals surface area contributed by atoms with Crippen LogP contribution < -0.4 is 15.4 Å². The van der Waals surface area contributed by atoms with Crippen LogP contribution in [0.5, 0.6) is 5.88 Å². The molecular formula is C15H24IN7O. The van der Waals surface area contributed by atoms with E-state index >= 15 is 0 Å². The summed E-state index contributed by atoms with van der Waals surface area (Å²) < 4.78 is 7.19. The highest BCUT2D eigenvalue weighted by Crippen LogP contribution is 2.07. The van der Waals surface area contributed by atoms with Crippen molar-refractivity contribution in [2.45, 2.75) is 26.4 Å². The Balaban J connectivity index is 0.00000288. The Morgan fingerprint density at radius 2 is 2.04 bits per heavy atom. The van der Waals surface area contributed by atoms with Crippen molar-refractivity contribution in [3.63, 3.8) is 0 Å². The lowest BCUT2D eigenvalue weighted by Gasteiger charge is -2.11. The van der Waals surface area contributed by atoms with Crippen molar-refractivity contribution in [3.8, 4) is 5.88 Å². The lowest BCUT2D eigenvalue weighted by atomic mass is 10.3. The molecule has 2 rings (SSSR count). The van der Waals surface area contributed by atoms with Crippen molar-refractivity contribution in [2.75, 3.05) is 13.7 Å². The van der Waals surface area contributed by atoms with Crippen LogP contribution in [0.25, 0.3) is 0 Å². The summed E-state index contributed by atoms with van der Waals surface area (Å²) in [5, 5.41) is 10.5. The number of hydrogen-bond donors (Lipinski definition) is 2. The fraction of sp³-hybridized carbons (Fsp3) is 0.467. The van der Waals surface area contributed by atoms with Crippen molar-refractivity contribution in [1.29, 1.82) is 0 Å². The van der Waals surface area contributed by atoms with Gasteiger partial charge in [0.1, 0.15) is 12.2 Å². The van der Waals surface area contributed by atoms with Crippen molar-refractivity contribution in [3.05, 3.63) is 36.0 Å². The van der Waals surface area contributed by atoms with Crippen LogP contribution in [0.4, 0.5) is 0 Å². The number of nitrogens with one attached hydrogen (secondary N) is 2. The van der Waals surface area contributed by atoms with E-state index in [2.05, 4.69) is 37.6 Å². The Morgan fingerprint density at radius 1 is 1.25 bits per heavy atom. The van der Waals surface area contributed by atoms with Gasteiger partial charge in [-0.05, 0) is 12.0 Å². The molecule has 0 atom stereocenters. The van der Waals surface area contributed by atoms with Gasteiger partial charge in [0.15, 0.2) is 5.96 Å². The van der Waals surface area contributed by atoms with E-state index in [-0.39, 0.29) is 24.0 Å². The number of halogens is 1. The summed E-state index contributed by atoms with van der Waals surface area (Å²) in [6.07, 6.45) is 4.30. The molecule has 2 aromatic rings. The molecule has 0 bridgehead atoms. The minimum absolute atomic E-state index is 0. The number of pyridine rings is 1. The summed E-state index contributed by atoms with van der Waals surface area (Å²) in [4.78, 5) is 12.6. The number of aryl methyl sites for hydroxylation is 1. The molecule has 0 fully saturated rings. The van der Waals surface area contributed by atoms with Gasteiger partial charge in [0.25, 0.3) is 0 Å². The van der Waals surface area contributed by atoms with Crippen LogP contribution >= 0.6 is 24.0 Å². The summed E-state index contributed by atoms with van der Waals surface area (Å²) in [7, 11) is 3.58. The average molecular weight is 445 g/mol. The average Bonchev–Trinajstić information content (AvgIpc) is 2.99. The molecule has 24 heavy (non-hydrogen) atoms. The predicted molar refractivity (Wildman–Crippen MR) is 103 cm³/mol. The van der Waals surface area contributed by atoms with E-state index in [0.29, 0.717) is 31.5 Å². The highest BCUT2D eigenvalue weighted by atomic mass is 127. The topological polar surface area (TPSA) is 89.3 Å². The molecule has 0 spiro atoms. The maximum Gasteiger partial charge on any atom is 0.213 e. The molecule has 9 heteroatoms. The van der Waals surface area contributed by atoms with E-state index < -0.39 is 0 Å². The second-order valence-electron chi connectivity index (χ2n) is 4.93. The molecule has 0 aliphatic rings. The maximum absolute atomic E-state index is 5.47. The molecule has 0 unspecified atom stereocenters. The van der Waals surface area contributed by atoms with Gasteiger partial charge >= 0.3 is 0 Å². The SMILES string of the molecule is CCCOc1ccc(CNC(=NC)NCc2ncnn2C)cn1.I. The zero-order valence-corrected chi connectivity index (χ0v) is 16.5. The lowest BCUT2D eigenvalue weighted by Crippen LogP contribution is -2.36. The fourth-order valence-corrected chi connectivity index (χ4v) is 1.86. The maximum atomic E-state index is 5.47. The normalized spacial score (nSPS) is 10.9. The number of aromatic nitrogens is 4. The zero-order valence-electron chi connectivity index (χ0n) is 14.2. The first kappa shape index (κ1) is 20.1. The van der Waals surface area contributed by atoms with Crippen molar-refractivity contribution in [1.82, 2.24) is 30.4 Å². The Kier molecular flexibility index (Phi) is 9.05. The largest absolute Gasteiger partial charge is 0.478 e. The first-order valence-electron chi connectivity index (χ1n) is 7.58. The first-order valence-corrected chi connectivity index (χ1v) is 7.58. The Bertz CT molecular complexity index is 627. The second-order valence-corrected chi connectivity index (χ2v) is 4.93. The highest BCUT2D eigenvalue weighted by Gasteiger charge is 2.03. The molecule has 0 aliphatic heterocycles. The number of aliphatic imine (C=N–C) groups is 1. The number of ether oxygens (including phenoxy) is 1. The first-order chi connectivity index (χ1) is 11.2. The predicted octanol–water partition coefficient (Wildman–Crippen LogP) is 1.48. The third kappa shape index (κ3) is 6.30. The third-order valence-electron chi connectivity index (χ3n) is 3.15. The van der Waals surface area contributed by atoms with E-state index in [1.165, 1.54) is 6.33 Å². The third-order valence-corrected chi connectivity index (χ3v) is 3.15. The lowest BCUT2D eigenvalue weighted by molar-refractivity contribution is 0.305. The molecule has 2 N–H and O–H groups in total. The minimum atomic E-state index is 0. The Labute approximate surface area is 159 Å². The van der Waals surface area contributed by atoms with Gasteiger partial charge in [0, 0.05) is 32.9 Å². The van der Waals surface area contributed by atoms with E-state index in [4.69, 9.17) is 4.74 Å². The summed E-state index contributed by atoms with van der Waals surface area (Å²) in [6, 6.07) is 3.86. The smallest absolute Gasteiger partial charge is 0.213 e. The number of nitrogens with zero attached hydrogens (tertiary/aromatic N) is 5. The van der Waals surface area contributed by atoms with Crippen molar-refractivity contribution >= 4 is 29.9 Å². The van der Waals surface area contributed by atoms with Crippen LogP contribution in [0, 0.1) is 0 Å². The van der Waals surface area contributed by atoms with Gasteiger partial charge in [-0.1, -0.05) is 13.0 Å². The van der Waals surface area contributed by atoms with Gasteiger partial charge in [-0.3, -0.25) is 9.67 Å². The van der Waals surface area contributed by atoms with Gasteiger partial charge in [0.05, 0.1) is 13.2 Å². The summed E-state index contributed by atoms with van der Waals surface area (Å²) in [5.41, 5.74) is 1.05. The van der Waals surface area contributed by atoms with Gasteiger partial charge in [0.2, 0.25) is 5.88 Å². The standard InChI is InChI=1S/C15H23N7O.HI/c1-4-7-23-14-6-5-12(8-17-14)9-18-15(16-2)19-10-13-20-11-21-22(13)3;/h5-6,8,11H,4,7,9-10H2,1-3H3,(H2,16,18,19);1H. The highest BCUT2D eigenvalue weighted by molar-refractivity contribution is 14.0. The molecule has 0 saturated carbocycles. The number of rotatable bonds is 7. The summed E-state index contributed by atoms with van der Waals surface area (Å²) >= 11 is 0. The molecule has 2 heterocycles. The molecule has 8 nitrogen and oxygen atoms in total. The van der Waals surface area contributed by atoms with E-state index in [0.717, 1.165) is 17.8 Å². The number of hydrogen-bond acceptors (Lipinski definition) is 5. The molecular weight excluding hydrogens is 421 g/mol. The van der Waals surface area contributed by atoms with Crippen molar-refractivity contribution in [2.24, 2.45) is 12.0 Å². The Hall–Kier alpha value is -1.91. The molecule has 0 amide bonds. The molecule has 0 radical (unpaired) electrons. The fourth-order valence-electron chi connectivity index (χ4n) is 1.86. The van der Waals surface area contributed by atoms with Crippen molar-refractivity contribution < 1.29 is 4.74 Å². The van der Waals surface area contributed by atoms with E-state index in [1.807, 2.05) is 19.2 Å². The quantitative estimate of drug-likeness (QED) is 0.382. The van der Waals surface area contributed by atoms with Crippen LogP contribution in [0.15, 0.2) is 29.6 Å². The van der Waals surface area contributed by atoms with Crippen LogP contribution in [-0.2, 0) is 20.1 Å². The zero-order chi connectivity index (χ0) is 16.5.